The lowest BCUT2D eigenvalue weighted by molar-refractivity contribution is -0.180. The molecule has 0 unspecified atom stereocenters. The van der Waals surface area contributed by atoms with Crippen LogP contribution in [0.1, 0.15) is 45.4 Å². The standard InChI is InChI=1S/C14H23NO3/c1-2-10-9-12(10)13(16)15-11-3-5-14(6-4-11)17-7-8-18-14/h10-12H,2-9H2,1H3,(H,15,16)/t10-,12-/m1/s1. The molecule has 102 valence electrons. The lowest BCUT2D eigenvalue weighted by Crippen LogP contribution is -2.44. The van der Waals surface area contributed by atoms with Crippen molar-refractivity contribution in [2.24, 2.45) is 11.8 Å². The second-order valence-corrected chi connectivity index (χ2v) is 5.90. The zero-order chi connectivity index (χ0) is 12.6. The number of nitrogens with one attached hydrogen (secondary N) is 1. The zero-order valence-corrected chi connectivity index (χ0v) is 11.1. The molecule has 1 N–H and O–H groups in total. The van der Waals surface area contributed by atoms with Gasteiger partial charge in [0.05, 0.1) is 13.2 Å². The maximum absolute atomic E-state index is 12.0. The Labute approximate surface area is 108 Å². The van der Waals surface area contributed by atoms with Gasteiger partial charge in [-0.25, -0.2) is 0 Å². The first-order valence-corrected chi connectivity index (χ1v) is 7.31. The van der Waals surface area contributed by atoms with E-state index >= 15 is 0 Å². The van der Waals surface area contributed by atoms with E-state index in [1.807, 2.05) is 0 Å². The van der Waals surface area contributed by atoms with Gasteiger partial charge in [-0.2, -0.15) is 0 Å². The Morgan fingerprint density at radius 1 is 1.28 bits per heavy atom. The Kier molecular flexibility index (Phi) is 3.32. The fraction of sp³-hybridized carbons (Fsp3) is 0.929. The fourth-order valence-electron chi connectivity index (χ4n) is 3.32. The quantitative estimate of drug-likeness (QED) is 0.834. The number of hydrogen-bond acceptors (Lipinski definition) is 3. The van der Waals surface area contributed by atoms with Crippen molar-refractivity contribution >= 4 is 5.91 Å². The summed E-state index contributed by atoms with van der Waals surface area (Å²) in [5, 5.41) is 3.20. The largest absolute Gasteiger partial charge is 0.353 e. The molecule has 4 heteroatoms. The van der Waals surface area contributed by atoms with Crippen LogP contribution in [0.5, 0.6) is 0 Å². The monoisotopic (exact) mass is 253 g/mol. The average Bonchev–Trinajstić information content (AvgIpc) is 3.06. The Morgan fingerprint density at radius 3 is 2.50 bits per heavy atom. The third-order valence-corrected chi connectivity index (χ3v) is 4.69. The van der Waals surface area contributed by atoms with Crippen LogP contribution >= 0.6 is 0 Å². The topological polar surface area (TPSA) is 47.6 Å². The van der Waals surface area contributed by atoms with Gasteiger partial charge >= 0.3 is 0 Å². The number of carbonyl (C=O) groups is 1. The van der Waals surface area contributed by atoms with E-state index in [1.54, 1.807) is 0 Å². The minimum Gasteiger partial charge on any atom is -0.353 e. The van der Waals surface area contributed by atoms with Crippen LogP contribution in [0.3, 0.4) is 0 Å². The molecule has 18 heavy (non-hydrogen) atoms. The molecule has 1 amide bonds. The molecule has 1 aliphatic heterocycles. The van der Waals surface area contributed by atoms with Crippen LogP contribution in [0, 0.1) is 11.8 Å². The number of hydrogen-bond donors (Lipinski definition) is 1. The van der Waals surface area contributed by atoms with Crippen LogP contribution < -0.4 is 5.32 Å². The molecule has 2 aliphatic carbocycles. The summed E-state index contributed by atoms with van der Waals surface area (Å²) in [4.78, 5) is 12.0. The summed E-state index contributed by atoms with van der Waals surface area (Å²) >= 11 is 0. The highest BCUT2D eigenvalue weighted by Gasteiger charge is 2.44. The number of carbonyl (C=O) groups excluding carboxylic acids is 1. The van der Waals surface area contributed by atoms with Crippen LogP contribution in [-0.4, -0.2) is 30.9 Å². The third kappa shape index (κ3) is 2.41. The number of amides is 1. The van der Waals surface area contributed by atoms with E-state index in [2.05, 4.69) is 12.2 Å². The zero-order valence-electron chi connectivity index (χ0n) is 11.1. The van der Waals surface area contributed by atoms with Crippen molar-refractivity contribution in [3.63, 3.8) is 0 Å². The van der Waals surface area contributed by atoms with Crippen molar-refractivity contribution < 1.29 is 14.3 Å². The highest BCUT2D eigenvalue weighted by Crippen LogP contribution is 2.41. The Hall–Kier alpha value is -0.610. The summed E-state index contributed by atoms with van der Waals surface area (Å²) in [5.41, 5.74) is 0. The Bertz CT molecular complexity index is 315. The first-order valence-electron chi connectivity index (χ1n) is 7.31. The summed E-state index contributed by atoms with van der Waals surface area (Å²) in [5.74, 6) is 0.898. The lowest BCUT2D eigenvalue weighted by atomic mass is 9.90. The van der Waals surface area contributed by atoms with Gasteiger partial charge in [0.1, 0.15) is 0 Å². The molecular formula is C14H23NO3. The molecule has 1 heterocycles. The molecule has 3 rings (SSSR count). The molecule has 2 saturated carbocycles. The summed E-state index contributed by atoms with van der Waals surface area (Å²) in [6, 6.07) is 0.328. The lowest BCUT2D eigenvalue weighted by Gasteiger charge is -2.35. The van der Waals surface area contributed by atoms with Gasteiger partial charge in [0.25, 0.3) is 0 Å². The van der Waals surface area contributed by atoms with E-state index in [0.29, 0.717) is 17.9 Å². The van der Waals surface area contributed by atoms with E-state index < -0.39 is 0 Å². The Morgan fingerprint density at radius 2 is 1.94 bits per heavy atom. The van der Waals surface area contributed by atoms with Gasteiger partial charge in [0.2, 0.25) is 5.91 Å². The van der Waals surface area contributed by atoms with Gasteiger partial charge in [-0.1, -0.05) is 13.3 Å². The van der Waals surface area contributed by atoms with Gasteiger partial charge in [0.15, 0.2) is 5.79 Å². The van der Waals surface area contributed by atoms with Gasteiger partial charge in [-0.05, 0) is 25.2 Å². The molecular weight excluding hydrogens is 230 g/mol. The average molecular weight is 253 g/mol. The van der Waals surface area contributed by atoms with Gasteiger partial charge in [0, 0.05) is 24.8 Å². The molecule has 0 aromatic carbocycles. The molecule has 2 atom stereocenters. The summed E-state index contributed by atoms with van der Waals surface area (Å²) in [7, 11) is 0. The summed E-state index contributed by atoms with van der Waals surface area (Å²) < 4.78 is 11.4. The molecule has 0 radical (unpaired) electrons. The van der Waals surface area contributed by atoms with Crippen molar-refractivity contribution in [2.45, 2.75) is 57.3 Å². The first kappa shape index (κ1) is 12.4. The Balaban J connectivity index is 1.44. The van der Waals surface area contributed by atoms with Gasteiger partial charge < -0.3 is 14.8 Å². The van der Waals surface area contributed by atoms with Crippen LogP contribution in [-0.2, 0) is 14.3 Å². The van der Waals surface area contributed by atoms with Crippen molar-refractivity contribution in [1.82, 2.24) is 5.32 Å². The fourth-order valence-corrected chi connectivity index (χ4v) is 3.32. The smallest absolute Gasteiger partial charge is 0.223 e. The predicted molar refractivity (Wildman–Crippen MR) is 66.9 cm³/mol. The van der Waals surface area contributed by atoms with Crippen LogP contribution in [0.25, 0.3) is 0 Å². The van der Waals surface area contributed by atoms with E-state index in [-0.39, 0.29) is 11.7 Å². The highest BCUT2D eigenvalue weighted by molar-refractivity contribution is 5.81. The van der Waals surface area contributed by atoms with Crippen LogP contribution in [0.4, 0.5) is 0 Å². The van der Waals surface area contributed by atoms with Crippen molar-refractivity contribution in [3.8, 4) is 0 Å². The molecule has 1 saturated heterocycles. The summed E-state index contributed by atoms with van der Waals surface area (Å²) in [6.07, 6.45) is 6.02. The van der Waals surface area contributed by atoms with Crippen molar-refractivity contribution in [1.29, 1.82) is 0 Å². The van der Waals surface area contributed by atoms with Gasteiger partial charge in [-0.15, -0.1) is 0 Å². The minimum absolute atomic E-state index is 0.274. The molecule has 0 bridgehead atoms. The van der Waals surface area contributed by atoms with Crippen molar-refractivity contribution in [2.75, 3.05) is 13.2 Å². The van der Waals surface area contributed by atoms with Crippen molar-refractivity contribution in [3.05, 3.63) is 0 Å². The van der Waals surface area contributed by atoms with E-state index in [9.17, 15) is 4.79 Å². The maximum Gasteiger partial charge on any atom is 0.223 e. The SMILES string of the molecule is CC[C@@H]1C[C@H]1C(=O)NC1CCC2(CC1)OCCO2. The number of rotatable bonds is 3. The maximum atomic E-state index is 12.0. The molecule has 1 spiro atoms. The molecule has 4 nitrogen and oxygen atoms in total. The molecule has 3 aliphatic rings. The van der Waals surface area contributed by atoms with E-state index in [0.717, 1.165) is 51.7 Å². The van der Waals surface area contributed by atoms with Crippen LogP contribution in [0.2, 0.25) is 0 Å². The second kappa shape index (κ2) is 4.82. The van der Waals surface area contributed by atoms with Crippen LogP contribution in [0.15, 0.2) is 0 Å². The molecule has 0 aromatic rings. The highest BCUT2D eigenvalue weighted by atomic mass is 16.7. The molecule has 0 aromatic heterocycles. The number of ether oxygens (including phenoxy) is 2. The second-order valence-electron chi connectivity index (χ2n) is 5.90. The third-order valence-electron chi connectivity index (χ3n) is 4.69. The van der Waals surface area contributed by atoms with E-state index in [4.69, 9.17) is 9.47 Å². The van der Waals surface area contributed by atoms with Gasteiger partial charge in [-0.3, -0.25) is 4.79 Å². The summed E-state index contributed by atoms with van der Waals surface area (Å²) in [6.45, 7) is 3.60. The minimum atomic E-state index is -0.313. The van der Waals surface area contributed by atoms with E-state index in [1.165, 1.54) is 0 Å². The first-order chi connectivity index (χ1) is 8.72. The predicted octanol–water partition coefficient (Wildman–Crippen LogP) is 1.83. The molecule has 3 fully saturated rings. The normalized spacial score (nSPS) is 34.7.